The van der Waals surface area contributed by atoms with Gasteiger partial charge in [-0.25, -0.2) is 9.18 Å². The third kappa shape index (κ3) is 3.67. The predicted molar refractivity (Wildman–Crippen MR) is 74.8 cm³/mol. The van der Waals surface area contributed by atoms with Crippen LogP contribution in [0.2, 0.25) is 0 Å². The minimum Gasteiger partial charge on any atom is -0.381 e. The fourth-order valence-corrected chi connectivity index (χ4v) is 2.40. The molecule has 4 nitrogen and oxygen atoms in total. The van der Waals surface area contributed by atoms with Crippen LogP contribution in [0, 0.1) is 12.7 Å². The monoisotopic (exact) mass is 330 g/mol. The number of nitrogens with one attached hydrogen (secondary N) is 2. The van der Waals surface area contributed by atoms with Crippen LogP contribution in [0.3, 0.4) is 0 Å². The molecule has 1 aromatic rings. The molecule has 1 aliphatic rings. The second-order valence-electron chi connectivity index (χ2n) is 4.52. The highest BCUT2D eigenvalue weighted by Gasteiger charge is 2.17. The summed E-state index contributed by atoms with van der Waals surface area (Å²) in [6, 6.07) is 3.06. The summed E-state index contributed by atoms with van der Waals surface area (Å²) in [6.45, 7) is 2.96. The number of carbonyl (C=O) groups is 1. The van der Waals surface area contributed by atoms with Gasteiger partial charge in [0.1, 0.15) is 5.82 Å². The first-order valence-electron chi connectivity index (χ1n) is 6.18. The molecule has 0 bridgehead atoms. The van der Waals surface area contributed by atoms with Crippen molar-refractivity contribution in [3.8, 4) is 0 Å². The van der Waals surface area contributed by atoms with Crippen molar-refractivity contribution >= 4 is 27.6 Å². The van der Waals surface area contributed by atoms with Crippen LogP contribution in [-0.4, -0.2) is 25.3 Å². The molecule has 1 heterocycles. The number of halogens is 2. The second kappa shape index (κ2) is 6.34. The normalized spacial score (nSPS) is 16.2. The van der Waals surface area contributed by atoms with Gasteiger partial charge in [0.15, 0.2) is 0 Å². The van der Waals surface area contributed by atoms with Crippen molar-refractivity contribution in [3.05, 3.63) is 28.0 Å². The second-order valence-corrected chi connectivity index (χ2v) is 5.37. The number of ether oxygens (including phenoxy) is 1. The van der Waals surface area contributed by atoms with E-state index in [4.69, 9.17) is 4.74 Å². The molecule has 1 aromatic carbocycles. The zero-order valence-electron chi connectivity index (χ0n) is 10.6. The molecule has 1 fully saturated rings. The Bertz CT molecular complexity index is 476. The molecular formula is C13H16BrFN2O2. The van der Waals surface area contributed by atoms with Crippen LogP contribution in [0.5, 0.6) is 0 Å². The topological polar surface area (TPSA) is 50.4 Å². The number of hydrogen-bond donors (Lipinski definition) is 2. The zero-order chi connectivity index (χ0) is 13.8. The van der Waals surface area contributed by atoms with E-state index in [0.29, 0.717) is 28.9 Å². The molecule has 0 spiro atoms. The van der Waals surface area contributed by atoms with Crippen LogP contribution in [0.4, 0.5) is 14.9 Å². The van der Waals surface area contributed by atoms with E-state index < -0.39 is 0 Å². The van der Waals surface area contributed by atoms with Gasteiger partial charge in [0.25, 0.3) is 0 Å². The van der Waals surface area contributed by atoms with Crippen LogP contribution < -0.4 is 10.6 Å². The van der Waals surface area contributed by atoms with E-state index in [1.807, 2.05) is 0 Å². The van der Waals surface area contributed by atoms with E-state index >= 15 is 0 Å². The van der Waals surface area contributed by atoms with Crippen molar-refractivity contribution in [3.63, 3.8) is 0 Å². The summed E-state index contributed by atoms with van der Waals surface area (Å²) in [6.07, 6.45) is 1.61. The average molecular weight is 331 g/mol. The molecule has 2 N–H and O–H groups in total. The lowest BCUT2D eigenvalue weighted by atomic mass is 10.1. The molecule has 104 valence electrons. The van der Waals surface area contributed by atoms with Crippen LogP contribution >= 0.6 is 15.9 Å². The molecule has 0 unspecified atom stereocenters. The van der Waals surface area contributed by atoms with Gasteiger partial charge in [-0.15, -0.1) is 0 Å². The highest BCUT2D eigenvalue weighted by molar-refractivity contribution is 9.10. The molecule has 1 saturated heterocycles. The van der Waals surface area contributed by atoms with Crippen molar-refractivity contribution in [1.29, 1.82) is 0 Å². The predicted octanol–water partition coefficient (Wildman–Crippen LogP) is 3.20. The van der Waals surface area contributed by atoms with Crippen molar-refractivity contribution in [2.45, 2.75) is 25.8 Å². The van der Waals surface area contributed by atoms with Gasteiger partial charge in [-0.1, -0.05) is 0 Å². The van der Waals surface area contributed by atoms with Crippen molar-refractivity contribution in [2.75, 3.05) is 18.5 Å². The zero-order valence-corrected chi connectivity index (χ0v) is 12.2. The number of amides is 2. The summed E-state index contributed by atoms with van der Waals surface area (Å²) in [5.41, 5.74) is 0.891. The highest BCUT2D eigenvalue weighted by Crippen LogP contribution is 2.25. The van der Waals surface area contributed by atoms with Crippen LogP contribution in [-0.2, 0) is 4.74 Å². The fraction of sp³-hybridized carbons (Fsp3) is 0.462. The Balaban J connectivity index is 1.97. The molecule has 0 aliphatic carbocycles. The fourth-order valence-electron chi connectivity index (χ4n) is 1.97. The molecule has 0 saturated carbocycles. The number of carbonyl (C=O) groups excluding carboxylic acids is 1. The first kappa shape index (κ1) is 14.3. The maximum absolute atomic E-state index is 13.7. The molecule has 6 heteroatoms. The molecule has 2 rings (SSSR count). The molecule has 0 aromatic heterocycles. The highest BCUT2D eigenvalue weighted by atomic mass is 79.9. The lowest BCUT2D eigenvalue weighted by Crippen LogP contribution is -2.41. The SMILES string of the molecule is Cc1c(NC(=O)NC2CCOCC2)ccc(Br)c1F. The number of hydrogen-bond acceptors (Lipinski definition) is 2. The van der Waals surface area contributed by atoms with Crippen LogP contribution in [0.25, 0.3) is 0 Å². The third-order valence-electron chi connectivity index (χ3n) is 3.14. The average Bonchev–Trinajstić information content (AvgIpc) is 2.41. The number of urea groups is 1. The van der Waals surface area contributed by atoms with E-state index in [9.17, 15) is 9.18 Å². The summed E-state index contributed by atoms with van der Waals surface area (Å²) >= 11 is 3.11. The Morgan fingerprint density at radius 3 is 2.79 bits per heavy atom. The van der Waals surface area contributed by atoms with Crippen LogP contribution in [0.1, 0.15) is 18.4 Å². The Hall–Kier alpha value is -1.14. The lowest BCUT2D eigenvalue weighted by molar-refractivity contribution is 0.0806. The minimum absolute atomic E-state index is 0.120. The van der Waals surface area contributed by atoms with Gasteiger partial charge in [0.2, 0.25) is 0 Å². The van der Waals surface area contributed by atoms with E-state index in [1.54, 1.807) is 19.1 Å². The van der Waals surface area contributed by atoms with Gasteiger partial charge >= 0.3 is 6.03 Å². The summed E-state index contributed by atoms with van der Waals surface area (Å²) in [7, 11) is 0. The van der Waals surface area contributed by atoms with Gasteiger partial charge in [0.05, 0.1) is 4.47 Å². The van der Waals surface area contributed by atoms with Gasteiger partial charge in [0, 0.05) is 30.5 Å². The largest absolute Gasteiger partial charge is 0.381 e. The van der Waals surface area contributed by atoms with Crippen molar-refractivity contribution in [1.82, 2.24) is 5.32 Å². The molecule has 1 aliphatic heterocycles. The maximum Gasteiger partial charge on any atom is 0.319 e. The van der Waals surface area contributed by atoms with Gasteiger partial charge in [-0.2, -0.15) is 0 Å². The molecule has 19 heavy (non-hydrogen) atoms. The van der Waals surface area contributed by atoms with E-state index in [2.05, 4.69) is 26.6 Å². The molecular weight excluding hydrogens is 315 g/mol. The Morgan fingerprint density at radius 1 is 1.42 bits per heavy atom. The molecule has 0 atom stereocenters. The van der Waals surface area contributed by atoms with Crippen molar-refractivity contribution < 1.29 is 13.9 Å². The summed E-state index contributed by atoms with van der Waals surface area (Å²) < 4.78 is 19.3. The Kier molecular flexibility index (Phi) is 4.76. The van der Waals surface area contributed by atoms with E-state index in [0.717, 1.165) is 12.8 Å². The first-order valence-corrected chi connectivity index (χ1v) is 6.97. The maximum atomic E-state index is 13.7. The van der Waals surface area contributed by atoms with Gasteiger partial charge < -0.3 is 15.4 Å². The van der Waals surface area contributed by atoms with E-state index in [1.165, 1.54) is 0 Å². The van der Waals surface area contributed by atoms with Gasteiger partial charge in [-0.05, 0) is 47.8 Å². The number of benzene rings is 1. The quantitative estimate of drug-likeness (QED) is 0.874. The van der Waals surface area contributed by atoms with E-state index in [-0.39, 0.29) is 17.9 Å². The molecule has 0 radical (unpaired) electrons. The Labute approximate surface area is 119 Å². The third-order valence-corrected chi connectivity index (χ3v) is 3.76. The lowest BCUT2D eigenvalue weighted by Gasteiger charge is -2.23. The van der Waals surface area contributed by atoms with Gasteiger partial charge in [-0.3, -0.25) is 0 Å². The van der Waals surface area contributed by atoms with Crippen LogP contribution in [0.15, 0.2) is 16.6 Å². The number of anilines is 1. The first-order chi connectivity index (χ1) is 9.08. The summed E-state index contributed by atoms with van der Waals surface area (Å²) in [4.78, 5) is 11.8. The standard InChI is InChI=1S/C13H16BrFN2O2/c1-8-11(3-2-10(14)12(8)15)17-13(18)16-9-4-6-19-7-5-9/h2-3,9H,4-7H2,1H3,(H2,16,17,18). The summed E-state index contributed by atoms with van der Waals surface area (Å²) in [5, 5.41) is 5.54. The smallest absolute Gasteiger partial charge is 0.319 e. The minimum atomic E-state index is -0.358. The summed E-state index contributed by atoms with van der Waals surface area (Å²) in [5.74, 6) is -0.358. The number of rotatable bonds is 2. The molecule has 2 amide bonds. The van der Waals surface area contributed by atoms with Crippen molar-refractivity contribution in [2.24, 2.45) is 0 Å². The Morgan fingerprint density at radius 2 is 2.11 bits per heavy atom.